The van der Waals surface area contributed by atoms with Crippen LogP contribution < -0.4 is 4.74 Å². The smallest absolute Gasteiger partial charge is 0.166 e. The number of aromatic hydroxyl groups is 1. The molecule has 6 nitrogen and oxygen atoms in total. The molecule has 3 aromatic rings. The Hall–Kier alpha value is -2.80. The molecule has 1 aromatic heterocycles. The summed E-state index contributed by atoms with van der Waals surface area (Å²) >= 11 is 0. The minimum Gasteiger partial charge on any atom is -0.632 e. The molecule has 4 aliphatic rings. The fraction of sp³-hybridized carbons (Fsp3) is 0.385. The number of para-hydroxylation sites is 1. The zero-order valence-electron chi connectivity index (χ0n) is 18.0. The van der Waals surface area contributed by atoms with Gasteiger partial charge in [-0.1, -0.05) is 30.8 Å². The summed E-state index contributed by atoms with van der Waals surface area (Å²) < 4.78 is 6.05. The lowest BCUT2D eigenvalue weighted by Gasteiger charge is -2.67. The van der Waals surface area contributed by atoms with E-state index in [4.69, 9.17) is 4.74 Å². The van der Waals surface area contributed by atoms with Crippen molar-refractivity contribution in [2.75, 3.05) is 13.1 Å². The molecular weight excluding hydrogens is 404 g/mol. The van der Waals surface area contributed by atoms with Crippen LogP contribution in [0.1, 0.15) is 41.8 Å². The molecule has 7 rings (SSSR count). The predicted octanol–water partition coefficient (Wildman–Crippen LogP) is 3.75. The van der Waals surface area contributed by atoms with Crippen molar-refractivity contribution >= 4 is 10.9 Å². The molecule has 3 heterocycles. The molecule has 6 heteroatoms. The summed E-state index contributed by atoms with van der Waals surface area (Å²) in [5.74, 6) is 0.572. The number of H-pyrrole nitrogens is 1. The third-order valence-corrected chi connectivity index (χ3v) is 8.63. The molecule has 1 spiro atoms. The second-order valence-corrected chi connectivity index (χ2v) is 10.3. The number of hydrogen-bond acceptors (Lipinski definition) is 4. The molecule has 5 atom stereocenters. The largest absolute Gasteiger partial charge is 0.632 e. The van der Waals surface area contributed by atoms with Crippen molar-refractivity contribution in [1.82, 2.24) is 4.98 Å². The lowest BCUT2D eigenvalue weighted by atomic mass is 9.48. The number of benzene rings is 2. The lowest BCUT2D eigenvalue weighted by molar-refractivity contribution is -0.918. The van der Waals surface area contributed by atoms with Gasteiger partial charge in [0.1, 0.15) is 11.6 Å². The molecule has 2 bridgehead atoms. The number of piperidine rings is 1. The number of ether oxygens (including phenoxy) is 1. The number of hydroxylamine groups is 3. The number of fused-ring (bicyclic) bond motifs is 4. The summed E-state index contributed by atoms with van der Waals surface area (Å²) in [5, 5.41) is 38.7. The average Bonchev–Trinajstić information content (AvgIpc) is 3.28. The summed E-state index contributed by atoms with van der Waals surface area (Å²) in [6, 6.07) is 11.1. The summed E-state index contributed by atoms with van der Waals surface area (Å²) in [7, 11) is 0. The number of phenols is 1. The second-order valence-electron chi connectivity index (χ2n) is 10.3. The first-order valence-electron chi connectivity index (χ1n) is 11.3. The van der Waals surface area contributed by atoms with E-state index in [-0.39, 0.29) is 5.75 Å². The minimum atomic E-state index is -1.28. The predicted molar refractivity (Wildman–Crippen MR) is 120 cm³/mol. The third kappa shape index (κ3) is 1.90. The highest BCUT2D eigenvalue weighted by atomic mass is 16.6. The van der Waals surface area contributed by atoms with Crippen molar-refractivity contribution in [3.8, 4) is 11.5 Å². The number of rotatable bonds is 2. The summed E-state index contributed by atoms with van der Waals surface area (Å²) in [4.78, 5) is 3.56. The number of likely N-dealkylation sites (tertiary alicyclic amines) is 1. The number of hydrogen-bond donors (Lipinski definition) is 3. The highest BCUT2D eigenvalue weighted by Crippen LogP contribution is 2.69. The highest BCUT2D eigenvalue weighted by molar-refractivity contribution is 5.86. The van der Waals surface area contributed by atoms with Gasteiger partial charge in [0, 0.05) is 35.7 Å². The van der Waals surface area contributed by atoms with Crippen molar-refractivity contribution in [3.05, 3.63) is 76.1 Å². The summed E-state index contributed by atoms with van der Waals surface area (Å²) in [6.45, 7) is 6.60. The van der Waals surface area contributed by atoms with Crippen molar-refractivity contribution in [1.29, 1.82) is 0 Å². The van der Waals surface area contributed by atoms with Gasteiger partial charge < -0.3 is 29.8 Å². The van der Waals surface area contributed by atoms with Gasteiger partial charge in [0.25, 0.3) is 0 Å². The Bertz CT molecular complexity index is 1350. The number of aliphatic hydroxyl groups is 1. The molecule has 164 valence electrons. The van der Waals surface area contributed by atoms with Gasteiger partial charge in [0.05, 0.1) is 24.2 Å². The SMILES string of the molecule is C=C(C)C[N+]1([O-])CC[C@]23c4c5ccc(O)c4O[C@H]2c2[nH]c4ccccc4c2C[C@@]3(O)[C@@H]1C5. The molecule has 1 saturated heterocycles. The van der Waals surface area contributed by atoms with Gasteiger partial charge in [-0.15, -0.1) is 0 Å². The van der Waals surface area contributed by atoms with Crippen LogP contribution >= 0.6 is 0 Å². The fourth-order valence-corrected chi connectivity index (χ4v) is 7.54. The summed E-state index contributed by atoms with van der Waals surface area (Å²) in [5.41, 5.74) is 3.70. The Morgan fingerprint density at radius 1 is 1.31 bits per heavy atom. The molecule has 3 N–H and O–H groups in total. The van der Waals surface area contributed by atoms with Crippen molar-refractivity contribution in [2.45, 2.75) is 49.3 Å². The Kier molecular flexibility index (Phi) is 3.26. The van der Waals surface area contributed by atoms with E-state index in [0.717, 1.165) is 38.9 Å². The summed E-state index contributed by atoms with van der Waals surface area (Å²) in [6.07, 6.45) is 0.890. The maximum Gasteiger partial charge on any atom is 0.166 e. The molecule has 0 radical (unpaired) electrons. The molecule has 1 fully saturated rings. The van der Waals surface area contributed by atoms with Gasteiger partial charge in [-0.3, -0.25) is 0 Å². The van der Waals surface area contributed by atoms with Crippen molar-refractivity contribution < 1.29 is 19.6 Å². The van der Waals surface area contributed by atoms with E-state index in [1.54, 1.807) is 6.07 Å². The average molecular weight is 431 g/mol. The van der Waals surface area contributed by atoms with E-state index in [9.17, 15) is 15.4 Å². The molecule has 0 saturated carbocycles. The van der Waals surface area contributed by atoms with Crippen LogP contribution in [0.25, 0.3) is 10.9 Å². The standard InChI is InChI=1S/C26H26N2O4/c1-14(2)13-28(31)10-9-25-21-15-7-8-19(29)23(21)32-24(25)22-17(12-26(25,30)20(28)11-15)16-5-3-4-6-18(16)27-22/h3-8,20,24,27,29-30H,1,9-13H2,2H3/t20-,24-,25-,26+,28?/m0/s1. The van der Waals surface area contributed by atoms with Gasteiger partial charge in [-0.2, -0.15) is 0 Å². The normalized spacial score (nSPS) is 35.8. The van der Waals surface area contributed by atoms with Crippen LogP contribution in [-0.4, -0.2) is 44.6 Å². The van der Waals surface area contributed by atoms with Crippen LogP contribution in [0.3, 0.4) is 0 Å². The number of nitrogens with one attached hydrogen (secondary N) is 1. The van der Waals surface area contributed by atoms with Crippen molar-refractivity contribution in [2.24, 2.45) is 0 Å². The molecular formula is C26H26N2O4. The van der Waals surface area contributed by atoms with E-state index >= 15 is 0 Å². The van der Waals surface area contributed by atoms with E-state index in [2.05, 4.69) is 17.6 Å². The maximum atomic E-state index is 14.3. The monoisotopic (exact) mass is 430 g/mol. The minimum absolute atomic E-state index is 0.0985. The van der Waals surface area contributed by atoms with E-state index in [1.807, 2.05) is 31.2 Å². The Labute approximate surface area is 185 Å². The van der Waals surface area contributed by atoms with Crippen LogP contribution in [-0.2, 0) is 18.3 Å². The van der Waals surface area contributed by atoms with E-state index < -0.39 is 27.8 Å². The van der Waals surface area contributed by atoms with Gasteiger partial charge in [0.2, 0.25) is 0 Å². The molecule has 1 unspecified atom stereocenters. The van der Waals surface area contributed by atoms with Gasteiger partial charge >= 0.3 is 0 Å². The van der Waals surface area contributed by atoms with Crippen LogP contribution in [0.4, 0.5) is 0 Å². The molecule has 32 heavy (non-hydrogen) atoms. The van der Waals surface area contributed by atoms with Crippen molar-refractivity contribution in [3.63, 3.8) is 0 Å². The number of aromatic amines is 1. The van der Waals surface area contributed by atoms with E-state index in [0.29, 0.717) is 38.1 Å². The number of nitrogens with zero attached hydrogens (tertiary/aromatic N) is 1. The highest BCUT2D eigenvalue weighted by Gasteiger charge is 2.75. The first-order valence-corrected chi connectivity index (χ1v) is 11.3. The van der Waals surface area contributed by atoms with Crippen LogP contribution in [0.2, 0.25) is 0 Å². The van der Waals surface area contributed by atoms with E-state index in [1.165, 1.54) is 0 Å². The number of quaternary nitrogens is 1. The molecule has 2 aliphatic heterocycles. The number of phenolic OH excluding ortho intramolecular Hbond substituents is 1. The quantitative estimate of drug-likeness (QED) is 0.328. The Morgan fingerprint density at radius 3 is 2.94 bits per heavy atom. The van der Waals surface area contributed by atoms with Gasteiger partial charge in [0.15, 0.2) is 17.6 Å². The molecule has 0 amide bonds. The second kappa shape index (κ2) is 5.57. The van der Waals surface area contributed by atoms with Crippen LogP contribution in [0, 0.1) is 5.21 Å². The fourth-order valence-electron chi connectivity index (χ4n) is 7.54. The third-order valence-electron chi connectivity index (χ3n) is 8.63. The van der Waals surface area contributed by atoms with Gasteiger partial charge in [-0.25, -0.2) is 0 Å². The lowest BCUT2D eigenvalue weighted by Crippen LogP contribution is -2.78. The van der Waals surface area contributed by atoms with Crippen LogP contribution in [0.5, 0.6) is 11.5 Å². The first-order chi connectivity index (χ1) is 15.3. The molecule has 2 aromatic carbocycles. The Morgan fingerprint density at radius 2 is 2.12 bits per heavy atom. The maximum absolute atomic E-state index is 14.3. The first kappa shape index (κ1) is 18.7. The Balaban J connectivity index is 1.56. The molecule has 2 aliphatic carbocycles. The zero-order valence-corrected chi connectivity index (χ0v) is 18.0. The topological polar surface area (TPSA) is 88.5 Å². The van der Waals surface area contributed by atoms with Gasteiger partial charge in [-0.05, 0) is 35.8 Å². The zero-order chi connectivity index (χ0) is 22.0. The van der Waals surface area contributed by atoms with Crippen LogP contribution in [0.15, 0.2) is 48.6 Å². The number of aromatic nitrogens is 1.